The van der Waals surface area contributed by atoms with Crippen LogP contribution >= 0.6 is 27.5 Å². The summed E-state index contributed by atoms with van der Waals surface area (Å²) in [4.78, 5) is 10.1. The van der Waals surface area contributed by atoms with Crippen LogP contribution < -0.4 is 4.74 Å². The minimum atomic E-state index is -0.499. The zero-order valence-electron chi connectivity index (χ0n) is 7.29. The van der Waals surface area contributed by atoms with Crippen LogP contribution in [0.4, 0.5) is 5.69 Å². The number of hydrogen-bond acceptors (Lipinski definition) is 3. The van der Waals surface area contributed by atoms with E-state index in [0.29, 0.717) is 15.9 Å². The lowest BCUT2D eigenvalue weighted by Crippen LogP contribution is -1.95. The SMILES string of the molecule is COc1cc(Cl)c(CBr)cc1[N+](=O)[O-]. The zero-order valence-corrected chi connectivity index (χ0v) is 9.63. The molecule has 14 heavy (non-hydrogen) atoms. The third-order valence-corrected chi connectivity index (χ3v) is 2.64. The lowest BCUT2D eigenvalue weighted by molar-refractivity contribution is -0.385. The van der Waals surface area contributed by atoms with Crippen molar-refractivity contribution in [2.24, 2.45) is 0 Å². The van der Waals surface area contributed by atoms with E-state index >= 15 is 0 Å². The van der Waals surface area contributed by atoms with Crippen molar-refractivity contribution in [1.29, 1.82) is 0 Å². The molecule has 0 aliphatic rings. The Bertz CT molecular complexity index is 370. The number of nitro benzene ring substituents is 1. The highest BCUT2D eigenvalue weighted by Gasteiger charge is 2.17. The van der Waals surface area contributed by atoms with E-state index in [1.807, 2.05) is 0 Å². The van der Waals surface area contributed by atoms with Gasteiger partial charge in [-0.1, -0.05) is 27.5 Å². The number of nitro groups is 1. The van der Waals surface area contributed by atoms with Crippen LogP contribution in [0.25, 0.3) is 0 Å². The third kappa shape index (κ3) is 2.16. The molecular weight excluding hydrogens is 273 g/mol. The largest absolute Gasteiger partial charge is 0.490 e. The Morgan fingerprint density at radius 2 is 2.29 bits per heavy atom. The lowest BCUT2D eigenvalue weighted by atomic mass is 10.2. The molecule has 4 nitrogen and oxygen atoms in total. The van der Waals surface area contributed by atoms with E-state index in [0.717, 1.165) is 0 Å². The number of benzene rings is 1. The second kappa shape index (κ2) is 4.61. The van der Waals surface area contributed by atoms with Gasteiger partial charge in [0.15, 0.2) is 5.75 Å². The van der Waals surface area contributed by atoms with E-state index in [4.69, 9.17) is 16.3 Å². The number of halogens is 2. The number of hydrogen-bond donors (Lipinski definition) is 0. The molecule has 0 amide bonds. The molecule has 0 N–H and O–H groups in total. The molecule has 0 saturated heterocycles. The third-order valence-electron chi connectivity index (χ3n) is 1.69. The smallest absolute Gasteiger partial charge is 0.311 e. The molecule has 6 heteroatoms. The van der Waals surface area contributed by atoms with Gasteiger partial charge in [0.25, 0.3) is 0 Å². The van der Waals surface area contributed by atoms with Gasteiger partial charge in [0.2, 0.25) is 0 Å². The summed E-state index contributed by atoms with van der Waals surface area (Å²) in [5.41, 5.74) is 0.588. The van der Waals surface area contributed by atoms with Crippen LogP contribution in [0.15, 0.2) is 12.1 Å². The average Bonchev–Trinajstić information content (AvgIpc) is 2.16. The summed E-state index contributed by atoms with van der Waals surface area (Å²) in [7, 11) is 1.37. The van der Waals surface area contributed by atoms with Gasteiger partial charge in [-0.3, -0.25) is 10.1 Å². The minimum absolute atomic E-state index is 0.0775. The van der Waals surface area contributed by atoms with E-state index in [-0.39, 0.29) is 11.4 Å². The first-order chi connectivity index (χ1) is 6.60. The molecule has 0 unspecified atom stereocenters. The summed E-state index contributed by atoms with van der Waals surface area (Å²) >= 11 is 9.04. The van der Waals surface area contributed by atoms with Gasteiger partial charge < -0.3 is 4.74 Å². The molecule has 1 rings (SSSR count). The van der Waals surface area contributed by atoms with Gasteiger partial charge >= 0.3 is 5.69 Å². The van der Waals surface area contributed by atoms with Crippen molar-refractivity contribution in [3.63, 3.8) is 0 Å². The molecule has 0 radical (unpaired) electrons. The molecule has 0 saturated carbocycles. The maximum absolute atomic E-state index is 10.6. The lowest BCUT2D eigenvalue weighted by Gasteiger charge is -2.05. The summed E-state index contributed by atoms with van der Waals surface area (Å²) in [5, 5.41) is 11.5. The Labute approximate surface area is 94.1 Å². The molecule has 1 aromatic rings. The van der Waals surface area contributed by atoms with Crippen LogP contribution in [0.2, 0.25) is 5.02 Å². The summed E-state index contributed by atoms with van der Waals surface area (Å²) in [6.07, 6.45) is 0. The number of rotatable bonds is 3. The predicted molar refractivity (Wildman–Crippen MR) is 57.3 cm³/mol. The van der Waals surface area contributed by atoms with Crippen molar-refractivity contribution in [1.82, 2.24) is 0 Å². The van der Waals surface area contributed by atoms with Gasteiger partial charge in [-0.2, -0.15) is 0 Å². The first-order valence-corrected chi connectivity index (χ1v) is 5.17. The maximum Gasteiger partial charge on any atom is 0.311 e. The minimum Gasteiger partial charge on any atom is -0.490 e. The van der Waals surface area contributed by atoms with E-state index in [1.165, 1.54) is 19.2 Å². The fourth-order valence-electron chi connectivity index (χ4n) is 0.995. The summed E-state index contributed by atoms with van der Waals surface area (Å²) < 4.78 is 4.85. The summed E-state index contributed by atoms with van der Waals surface area (Å²) in [5.74, 6) is 0.171. The molecular formula is C8H7BrClNO3. The van der Waals surface area contributed by atoms with Crippen molar-refractivity contribution < 1.29 is 9.66 Å². The van der Waals surface area contributed by atoms with Crippen molar-refractivity contribution >= 4 is 33.2 Å². The highest BCUT2D eigenvalue weighted by molar-refractivity contribution is 9.08. The van der Waals surface area contributed by atoms with Gasteiger partial charge in [0, 0.05) is 22.5 Å². The Hall–Kier alpha value is -0.810. The van der Waals surface area contributed by atoms with Crippen LogP contribution in [0.1, 0.15) is 5.56 Å². The van der Waals surface area contributed by atoms with Gasteiger partial charge in [-0.25, -0.2) is 0 Å². The van der Waals surface area contributed by atoms with Crippen LogP contribution in [0.3, 0.4) is 0 Å². The maximum atomic E-state index is 10.6. The Morgan fingerprint density at radius 3 is 2.71 bits per heavy atom. The number of ether oxygens (including phenoxy) is 1. The monoisotopic (exact) mass is 279 g/mol. The van der Waals surface area contributed by atoms with Gasteiger partial charge in [-0.05, 0) is 5.56 Å². The molecule has 0 atom stereocenters. The Balaban J connectivity index is 3.32. The van der Waals surface area contributed by atoms with Crippen molar-refractivity contribution in [3.8, 4) is 5.75 Å². The molecule has 0 heterocycles. The van der Waals surface area contributed by atoms with Crippen molar-refractivity contribution in [3.05, 3.63) is 32.8 Å². The van der Waals surface area contributed by atoms with Gasteiger partial charge in [0.1, 0.15) is 0 Å². The van der Waals surface area contributed by atoms with Crippen molar-refractivity contribution in [2.45, 2.75) is 5.33 Å². The van der Waals surface area contributed by atoms with Gasteiger partial charge in [0.05, 0.1) is 12.0 Å². The molecule has 0 aliphatic carbocycles. The van der Waals surface area contributed by atoms with Crippen LogP contribution in [-0.2, 0) is 5.33 Å². The molecule has 0 aromatic heterocycles. The van der Waals surface area contributed by atoms with Crippen LogP contribution in [0, 0.1) is 10.1 Å². The molecule has 0 aliphatic heterocycles. The standard InChI is InChI=1S/C8H7BrClNO3/c1-14-8-3-6(10)5(4-9)2-7(8)11(12)13/h2-3H,4H2,1H3. The highest BCUT2D eigenvalue weighted by Crippen LogP contribution is 2.33. The van der Waals surface area contributed by atoms with Crippen LogP contribution in [0.5, 0.6) is 5.75 Å². The fourth-order valence-corrected chi connectivity index (χ4v) is 1.84. The van der Waals surface area contributed by atoms with E-state index in [9.17, 15) is 10.1 Å². The van der Waals surface area contributed by atoms with E-state index in [1.54, 1.807) is 0 Å². The van der Waals surface area contributed by atoms with Crippen LogP contribution in [-0.4, -0.2) is 12.0 Å². The molecule has 76 valence electrons. The Morgan fingerprint density at radius 1 is 1.64 bits per heavy atom. The summed E-state index contributed by atoms with van der Waals surface area (Å²) in [6, 6.07) is 2.84. The van der Waals surface area contributed by atoms with E-state index < -0.39 is 4.92 Å². The number of alkyl halides is 1. The fraction of sp³-hybridized carbons (Fsp3) is 0.250. The molecule has 1 aromatic carbocycles. The van der Waals surface area contributed by atoms with Gasteiger partial charge in [-0.15, -0.1) is 0 Å². The topological polar surface area (TPSA) is 52.4 Å². The number of methoxy groups -OCH3 is 1. The van der Waals surface area contributed by atoms with Crippen molar-refractivity contribution in [2.75, 3.05) is 7.11 Å². The number of nitrogens with zero attached hydrogens (tertiary/aromatic N) is 1. The van der Waals surface area contributed by atoms with E-state index in [2.05, 4.69) is 15.9 Å². The first kappa shape index (κ1) is 11.3. The Kier molecular flexibility index (Phi) is 3.71. The highest BCUT2D eigenvalue weighted by atomic mass is 79.9. The molecule has 0 spiro atoms. The average molecular weight is 281 g/mol. The second-order valence-corrected chi connectivity index (χ2v) is 3.47. The predicted octanol–water partition coefficient (Wildman–Crippen LogP) is 3.15. The first-order valence-electron chi connectivity index (χ1n) is 3.67. The zero-order chi connectivity index (χ0) is 10.7. The summed E-state index contributed by atoms with van der Waals surface area (Å²) in [6.45, 7) is 0. The molecule has 0 bridgehead atoms. The molecule has 0 fully saturated rings. The second-order valence-electron chi connectivity index (χ2n) is 2.51. The normalized spacial score (nSPS) is 9.93. The quantitative estimate of drug-likeness (QED) is 0.485.